The molecule has 0 aliphatic carbocycles. The summed E-state index contributed by atoms with van der Waals surface area (Å²) >= 11 is 1.70. The number of hydrogen-bond acceptors (Lipinski definition) is 4. The first kappa shape index (κ1) is 20.4. The molecule has 2 heterocycles. The lowest BCUT2D eigenvalue weighted by molar-refractivity contribution is 0.810. The Morgan fingerprint density at radius 3 is 2.81 bits per heavy atom. The highest BCUT2D eigenvalue weighted by Crippen LogP contribution is 2.15. The molecule has 0 atom stereocenters. The molecule has 3 aromatic rings. The molecule has 1 aromatic carbocycles. The van der Waals surface area contributed by atoms with Crippen molar-refractivity contribution < 1.29 is 0 Å². The number of aromatic nitrogens is 3. The lowest BCUT2D eigenvalue weighted by Gasteiger charge is -2.12. The number of nitrogens with zero attached hydrogens (tertiary/aromatic N) is 4. The smallest absolute Gasteiger partial charge is 0.191 e. The number of aryl methyl sites for hydroxylation is 1. The van der Waals surface area contributed by atoms with Crippen LogP contribution in [0.5, 0.6) is 0 Å². The van der Waals surface area contributed by atoms with Crippen LogP contribution in [0.15, 0.2) is 54.2 Å². The SMILES string of the molecule is CCNC(=NCc1ccccc1-n1ccnc1)NCc1ncc(C)s1.I. The highest BCUT2D eigenvalue weighted by atomic mass is 127. The zero-order valence-corrected chi connectivity index (χ0v) is 18.0. The van der Waals surface area contributed by atoms with Crippen LogP contribution >= 0.6 is 35.3 Å². The van der Waals surface area contributed by atoms with Crippen molar-refractivity contribution in [2.45, 2.75) is 26.9 Å². The van der Waals surface area contributed by atoms with Crippen LogP contribution in [-0.2, 0) is 13.1 Å². The Balaban J connectivity index is 0.00000243. The molecular formula is C18H23IN6S. The second-order valence-electron chi connectivity index (χ2n) is 5.51. The summed E-state index contributed by atoms with van der Waals surface area (Å²) in [6.07, 6.45) is 7.42. The van der Waals surface area contributed by atoms with E-state index in [0.717, 1.165) is 28.8 Å². The van der Waals surface area contributed by atoms with Gasteiger partial charge in [0.1, 0.15) is 5.01 Å². The summed E-state index contributed by atoms with van der Waals surface area (Å²) in [6, 6.07) is 8.22. The van der Waals surface area contributed by atoms with Crippen LogP contribution in [0.25, 0.3) is 5.69 Å². The molecule has 138 valence electrons. The van der Waals surface area contributed by atoms with Crippen molar-refractivity contribution >= 4 is 41.3 Å². The predicted octanol–water partition coefficient (Wildman–Crippen LogP) is 3.51. The standard InChI is InChI=1S/C18H22N6S.HI/c1-3-20-18(23-12-17-21-10-14(2)25-17)22-11-15-6-4-5-7-16(15)24-9-8-19-13-24;/h4-10,13H,3,11-12H2,1-2H3,(H2,20,22,23);1H. The third-order valence-corrected chi connectivity index (χ3v) is 4.51. The van der Waals surface area contributed by atoms with E-state index >= 15 is 0 Å². The quantitative estimate of drug-likeness (QED) is 0.321. The molecule has 0 amide bonds. The van der Waals surface area contributed by atoms with Gasteiger partial charge in [-0.3, -0.25) is 0 Å². The zero-order valence-electron chi connectivity index (χ0n) is 14.8. The van der Waals surface area contributed by atoms with Gasteiger partial charge in [0, 0.05) is 30.0 Å². The van der Waals surface area contributed by atoms with Crippen molar-refractivity contribution in [3.05, 3.63) is 64.6 Å². The molecule has 0 aliphatic rings. The Morgan fingerprint density at radius 2 is 2.12 bits per heavy atom. The fourth-order valence-electron chi connectivity index (χ4n) is 2.45. The lowest BCUT2D eigenvalue weighted by Crippen LogP contribution is -2.36. The summed E-state index contributed by atoms with van der Waals surface area (Å²) in [6.45, 7) is 6.19. The van der Waals surface area contributed by atoms with E-state index in [2.05, 4.69) is 46.6 Å². The average Bonchev–Trinajstić information content (AvgIpc) is 3.29. The van der Waals surface area contributed by atoms with Gasteiger partial charge in [0.15, 0.2) is 5.96 Å². The number of imidazole rings is 1. The van der Waals surface area contributed by atoms with Gasteiger partial charge >= 0.3 is 0 Å². The summed E-state index contributed by atoms with van der Waals surface area (Å²) in [7, 11) is 0. The number of guanidine groups is 1. The molecular weight excluding hydrogens is 459 g/mol. The van der Waals surface area contributed by atoms with Crippen molar-refractivity contribution in [3.8, 4) is 5.69 Å². The van der Waals surface area contributed by atoms with E-state index in [1.54, 1.807) is 23.9 Å². The first-order chi connectivity index (χ1) is 12.3. The number of hydrogen-bond donors (Lipinski definition) is 2. The van der Waals surface area contributed by atoms with E-state index in [1.165, 1.54) is 4.88 Å². The first-order valence-corrected chi connectivity index (χ1v) is 9.07. The molecule has 0 radical (unpaired) electrons. The fourth-order valence-corrected chi connectivity index (χ4v) is 3.17. The van der Waals surface area contributed by atoms with Crippen molar-refractivity contribution in [3.63, 3.8) is 0 Å². The maximum absolute atomic E-state index is 4.71. The van der Waals surface area contributed by atoms with Gasteiger partial charge in [-0.25, -0.2) is 15.0 Å². The minimum Gasteiger partial charge on any atom is -0.357 e. The molecule has 0 spiro atoms. The third kappa shape index (κ3) is 5.53. The van der Waals surface area contributed by atoms with Crippen LogP contribution in [0.3, 0.4) is 0 Å². The van der Waals surface area contributed by atoms with Gasteiger partial charge in [0.25, 0.3) is 0 Å². The van der Waals surface area contributed by atoms with E-state index in [1.807, 2.05) is 29.1 Å². The Morgan fingerprint density at radius 1 is 1.27 bits per heavy atom. The number of aliphatic imine (C=N–C) groups is 1. The van der Waals surface area contributed by atoms with E-state index in [0.29, 0.717) is 13.1 Å². The van der Waals surface area contributed by atoms with Crippen LogP contribution in [0, 0.1) is 6.92 Å². The number of halogens is 1. The first-order valence-electron chi connectivity index (χ1n) is 8.26. The second kappa shape index (κ2) is 10.3. The topological polar surface area (TPSA) is 67.1 Å². The molecule has 0 unspecified atom stereocenters. The Bertz CT molecular complexity index is 828. The number of thiazole rings is 1. The maximum Gasteiger partial charge on any atom is 0.191 e. The summed E-state index contributed by atoms with van der Waals surface area (Å²) < 4.78 is 2.00. The van der Waals surface area contributed by atoms with Gasteiger partial charge < -0.3 is 15.2 Å². The monoisotopic (exact) mass is 482 g/mol. The van der Waals surface area contributed by atoms with Gasteiger partial charge in [-0.05, 0) is 25.5 Å². The highest BCUT2D eigenvalue weighted by molar-refractivity contribution is 14.0. The number of benzene rings is 1. The maximum atomic E-state index is 4.71. The summed E-state index contributed by atoms with van der Waals surface area (Å²) in [5.74, 6) is 0.788. The summed E-state index contributed by atoms with van der Waals surface area (Å²) in [4.78, 5) is 14.4. The lowest BCUT2D eigenvalue weighted by atomic mass is 10.2. The molecule has 0 bridgehead atoms. The Labute approximate surface area is 174 Å². The minimum atomic E-state index is 0. The highest BCUT2D eigenvalue weighted by Gasteiger charge is 2.05. The van der Waals surface area contributed by atoms with Crippen LogP contribution < -0.4 is 10.6 Å². The molecule has 0 saturated heterocycles. The van der Waals surface area contributed by atoms with Crippen LogP contribution in [0.2, 0.25) is 0 Å². The molecule has 3 rings (SSSR count). The van der Waals surface area contributed by atoms with Crippen LogP contribution in [0.1, 0.15) is 22.4 Å². The van der Waals surface area contributed by atoms with Gasteiger partial charge in [-0.15, -0.1) is 35.3 Å². The van der Waals surface area contributed by atoms with Crippen LogP contribution in [-0.4, -0.2) is 27.0 Å². The fraction of sp³-hybridized carbons (Fsp3) is 0.278. The zero-order chi connectivity index (χ0) is 17.5. The van der Waals surface area contributed by atoms with Crippen LogP contribution in [0.4, 0.5) is 0 Å². The normalized spacial score (nSPS) is 11.1. The summed E-state index contributed by atoms with van der Waals surface area (Å²) in [5, 5.41) is 7.68. The number of nitrogens with one attached hydrogen (secondary N) is 2. The van der Waals surface area contributed by atoms with E-state index in [-0.39, 0.29) is 24.0 Å². The van der Waals surface area contributed by atoms with Gasteiger partial charge in [-0.1, -0.05) is 18.2 Å². The molecule has 2 aromatic heterocycles. The van der Waals surface area contributed by atoms with E-state index in [9.17, 15) is 0 Å². The van der Waals surface area contributed by atoms with E-state index in [4.69, 9.17) is 4.99 Å². The van der Waals surface area contributed by atoms with Crippen molar-refractivity contribution in [2.24, 2.45) is 4.99 Å². The summed E-state index contributed by atoms with van der Waals surface area (Å²) in [5.41, 5.74) is 2.23. The molecule has 8 heteroatoms. The molecule has 26 heavy (non-hydrogen) atoms. The second-order valence-corrected chi connectivity index (χ2v) is 6.83. The van der Waals surface area contributed by atoms with Crippen molar-refractivity contribution in [1.29, 1.82) is 0 Å². The largest absolute Gasteiger partial charge is 0.357 e. The molecule has 6 nitrogen and oxygen atoms in total. The molecule has 0 aliphatic heterocycles. The van der Waals surface area contributed by atoms with Gasteiger partial charge in [0.2, 0.25) is 0 Å². The third-order valence-electron chi connectivity index (χ3n) is 3.60. The number of para-hydroxylation sites is 1. The predicted molar refractivity (Wildman–Crippen MR) is 117 cm³/mol. The molecule has 2 N–H and O–H groups in total. The molecule has 0 fully saturated rings. The Hall–Kier alpha value is -1.94. The van der Waals surface area contributed by atoms with Gasteiger partial charge in [0.05, 0.1) is 25.1 Å². The van der Waals surface area contributed by atoms with Gasteiger partial charge in [-0.2, -0.15) is 0 Å². The Kier molecular flexibility index (Phi) is 8.05. The average molecular weight is 482 g/mol. The van der Waals surface area contributed by atoms with E-state index < -0.39 is 0 Å². The number of rotatable bonds is 6. The minimum absolute atomic E-state index is 0. The van der Waals surface area contributed by atoms with Crippen molar-refractivity contribution in [1.82, 2.24) is 25.2 Å². The van der Waals surface area contributed by atoms with Crippen molar-refractivity contribution in [2.75, 3.05) is 6.54 Å². The molecule has 0 saturated carbocycles.